The van der Waals surface area contributed by atoms with E-state index in [1.54, 1.807) is 6.08 Å². The zero-order valence-electron chi connectivity index (χ0n) is 9.63. The highest BCUT2D eigenvalue weighted by Crippen LogP contribution is 2.18. The summed E-state index contributed by atoms with van der Waals surface area (Å²) in [6.45, 7) is 4.30. The SMILES string of the molecule is C=CC[N]c1ccc(Nc2ccccc2)cc1. The Labute approximate surface area is 102 Å². The highest BCUT2D eigenvalue weighted by Gasteiger charge is 1.95. The Kier molecular flexibility index (Phi) is 3.81. The second kappa shape index (κ2) is 5.75. The smallest absolute Gasteiger partial charge is 0.0579 e. The van der Waals surface area contributed by atoms with Crippen LogP contribution in [0.2, 0.25) is 0 Å². The van der Waals surface area contributed by atoms with E-state index in [1.165, 1.54) is 0 Å². The van der Waals surface area contributed by atoms with Crippen LogP contribution in [0.25, 0.3) is 0 Å². The van der Waals surface area contributed by atoms with Crippen molar-refractivity contribution in [2.45, 2.75) is 0 Å². The van der Waals surface area contributed by atoms with Crippen molar-refractivity contribution in [1.29, 1.82) is 0 Å². The molecular formula is C15H15N2. The van der Waals surface area contributed by atoms with Gasteiger partial charge >= 0.3 is 0 Å². The molecule has 2 rings (SSSR count). The van der Waals surface area contributed by atoms with Crippen LogP contribution in [0.4, 0.5) is 17.1 Å². The molecule has 17 heavy (non-hydrogen) atoms. The second-order valence-electron chi connectivity index (χ2n) is 3.67. The molecule has 2 nitrogen and oxygen atoms in total. The maximum Gasteiger partial charge on any atom is 0.0579 e. The van der Waals surface area contributed by atoms with E-state index in [4.69, 9.17) is 0 Å². The molecule has 0 fully saturated rings. The van der Waals surface area contributed by atoms with Crippen LogP contribution in [0.15, 0.2) is 67.3 Å². The minimum atomic E-state index is 0.658. The van der Waals surface area contributed by atoms with Crippen molar-refractivity contribution in [2.24, 2.45) is 0 Å². The van der Waals surface area contributed by atoms with Gasteiger partial charge in [0.25, 0.3) is 0 Å². The van der Waals surface area contributed by atoms with E-state index in [1.807, 2.05) is 54.6 Å². The van der Waals surface area contributed by atoms with Crippen LogP contribution in [0, 0.1) is 0 Å². The zero-order valence-corrected chi connectivity index (χ0v) is 9.63. The van der Waals surface area contributed by atoms with Crippen molar-refractivity contribution >= 4 is 17.1 Å². The van der Waals surface area contributed by atoms with Crippen molar-refractivity contribution in [3.63, 3.8) is 0 Å². The van der Waals surface area contributed by atoms with Crippen molar-refractivity contribution in [3.05, 3.63) is 67.3 Å². The van der Waals surface area contributed by atoms with E-state index in [2.05, 4.69) is 17.2 Å². The molecule has 0 aliphatic rings. The van der Waals surface area contributed by atoms with E-state index in [-0.39, 0.29) is 0 Å². The molecule has 0 saturated heterocycles. The standard InChI is InChI=1S/C15H15N2/c1-2-12-16-13-8-10-15(11-9-13)17-14-6-4-3-5-7-14/h2-11,17H,1,12H2. The molecule has 1 N–H and O–H groups in total. The number of benzene rings is 2. The number of hydrogen-bond acceptors (Lipinski definition) is 1. The van der Waals surface area contributed by atoms with Crippen LogP contribution in [0.5, 0.6) is 0 Å². The van der Waals surface area contributed by atoms with Gasteiger partial charge in [0.1, 0.15) is 0 Å². The Hall–Kier alpha value is -2.22. The van der Waals surface area contributed by atoms with Gasteiger partial charge in [-0.3, -0.25) is 5.32 Å². The number of nitrogens with zero attached hydrogens (tertiary/aromatic N) is 1. The first kappa shape index (κ1) is 11.3. The van der Waals surface area contributed by atoms with E-state index in [0.29, 0.717) is 6.54 Å². The molecule has 0 aliphatic heterocycles. The van der Waals surface area contributed by atoms with Crippen molar-refractivity contribution in [1.82, 2.24) is 5.32 Å². The molecule has 2 aromatic carbocycles. The number of rotatable bonds is 5. The molecule has 0 aromatic heterocycles. The van der Waals surface area contributed by atoms with E-state index >= 15 is 0 Å². The molecule has 0 amide bonds. The fourth-order valence-corrected chi connectivity index (χ4v) is 1.51. The van der Waals surface area contributed by atoms with Crippen molar-refractivity contribution in [3.8, 4) is 0 Å². The van der Waals surface area contributed by atoms with Crippen LogP contribution < -0.4 is 10.6 Å². The lowest BCUT2D eigenvalue weighted by Crippen LogP contribution is -1.96. The first-order chi connectivity index (χ1) is 8.38. The lowest BCUT2D eigenvalue weighted by atomic mass is 10.2. The van der Waals surface area contributed by atoms with Gasteiger partial charge in [-0.15, -0.1) is 6.58 Å². The van der Waals surface area contributed by atoms with Crippen LogP contribution in [0.1, 0.15) is 0 Å². The first-order valence-corrected chi connectivity index (χ1v) is 5.59. The van der Waals surface area contributed by atoms with Crippen LogP contribution in [0.3, 0.4) is 0 Å². The topological polar surface area (TPSA) is 26.1 Å². The van der Waals surface area contributed by atoms with Gasteiger partial charge in [-0.25, -0.2) is 0 Å². The monoisotopic (exact) mass is 223 g/mol. The Morgan fingerprint density at radius 1 is 0.941 bits per heavy atom. The van der Waals surface area contributed by atoms with Gasteiger partial charge in [0, 0.05) is 11.4 Å². The molecule has 0 heterocycles. The van der Waals surface area contributed by atoms with Gasteiger partial charge in [-0.05, 0) is 36.4 Å². The van der Waals surface area contributed by atoms with Gasteiger partial charge < -0.3 is 5.32 Å². The van der Waals surface area contributed by atoms with Gasteiger partial charge in [-0.1, -0.05) is 24.3 Å². The summed E-state index contributed by atoms with van der Waals surface area (Å²) in [6.07, 6.45) is 1.79. The summed E-state index contributed by atoms with van der Waals surface area (Å²) < 4.78 is 0. The first-order valence-electron chi connectivity index (χ1n) is 5.59. The average Bonchev–Trinajstić information content (AvgIpc) is 2.39. The number of nitrogens with one attached hydrogen (secondary N) is 1. The summed E-state index contributed by atoms with van der Waals surface area (Å²) in [4.78, 5) is 0. The molecule has 0 unspecified atom stereocenters. The summed E-state index contributed by atoms with van der Waals surface area (Å²) in [6, 6.07) is 18.1. The van der Waals surface area contributed by atoms with Crippen molar-refractivity contribution < 1.29 is 0 Å². The van der Waals surface area contributed by atoms with Gasteiger partial charge in [0.05, 0.1) is 12.2 Å². The fourth-order valence-electron chi connectivity index (χ4n) is 1.51. The fraction of sp³-hybridized carbons (Fsp3) is 0.0667. The molecule has 85 valence electrons. The van der Waals surface area contributed by atoms with E-state index < -0.39 is 0 Å². The van der Waals surface area contributed by atoms with Crippen LogP contribution in [-0.2, 0) is 0 Å². The minimum Gasteiger partial charge on any atom is -0.356 e. The summed E-state index contributed by atoms with van der Waals surface area (Å²) >= 11 is 0. The molecule has 0 spiro atoms. The Bertz CT molecular complexity index is 460. The summed E-state index contributed by atoms with van der Waals surface area (Å²) in [5.41, 5.74) is 3.13. The maximum absolute atomic E-state index is 4.33. The summed E-state index contributed by atoms with van der Waals surface area (Å²) in [5.74, 6) is 0. The zero-order chi connectivity index (χ0) is 11.9. The number of para-hydroxylation sites is 1. The summed E-state index contributed by atoms with van der Waals surface area (Å²) in [5, 5.41) is 7.65. The highest BCUT2D eigenvalue weighted by molar-refractivity contribution is 5.61. The second-order valence-corrected chi connectivity index (χ2v) is 3.67. The highest BCUT2D eigenvalue weighted by atomic mass is 14.9. The minimum absolute atomic E-state index is 0.658. The van der Waals surface area contributed by atoms with E-state index in [9.17, 15) is 0 Å². The third-order valence-electron chi connectivity index (χ3n) is 2.33. The van der Waals surface area contributed by atoms with Gasteiger partial charge in [-0.2, -0.15) is 0 Å². The average molecular weight is 223 g/mol. The molecule has 2 heteroatoms. The summed E-state index contributed by atoms with van der Waals surface area (Å²) in [7, 11) is 0. The molecule has 0 saturated carbocycles. The molecular weight excluding hydrogens is 208 g/mol. The Morgan fingerprint density at radius 2 is 1.59 bits per heavy atom. The quantitative estimate of drug-likeness (QED) is 0.765. The maximum atomic E-state index is 4.33. The number of anilines is 2. The molecule has 1 radical (unpaired) electrons. The van der Waals surface area contributed by atoms with Gasteiger partial charge in [0.2, 0.25) is 0 Å². The largest absolute Gasteiger partial charge is 0.356 e. The molecule has 2 aromatic rings. The third-order valence-corrected chi connectivity index (χ3v) is 2.33. The Balaban J connectivity index is 2.01. The predicted octanol–water partition coefficient (Wildman–Crippen LogP) is 3.85. The normalized spacial score (nSPS) is 9.65. The number of hydrogen-bond donors (Lipinski definition) is 1. The lowest BCUT2D eigenvalue weighted by molar-refractivity contribution is 0.979. The third kappa shape index (κ3) is 3.38. The van der Waals surface area contributed by atoms with Gasteiger partial charge in [0.15, 0.2) is 0 Å². The predicted molar refractivity (Wildman–Crippen MR) is 73.0 cm³/mol. The lowest BCUT2D eigenvalue weighted by Gasteiger charge is -2.07. The molecule has 0 aliphatic carbocycles. The van der Waals surface area contributed by atoms with Crippen LogP contribution >= 0.6 is 0 Å². The molecule has 0 atom stereocenters. The Morgan fingerprint density at radius 3 is 2.24 bits per heavy atom. The van der Waals surface area contributed by atoms with Crippen LogP contribution in [-0.4, -0.2) is 6.54 Å². The van der Waals surface area contributed by atoms with Crippen molar-refractivity contribution in [2.75, 3.05) is 11.9 Å². The molecule has 0 bridgehead atoms. The van der Waals surface area contributed by atoms with E-state index in [0.717, 1.165) is 17.1 Å².